The summed E-state index contributed by atoms with van der Waals surface area (Å²) in [6.07, 6.45) is 4.59. The van der Waals surface area contributed by atoms with Gasteiger partial charge in [-0.2, -0.15) is 0 Å². The van der Waals surface area contributed by atoms with Crippen LogP contribution in [0.4, 0.5) is 0 Å². The Morgan fingerprint density at radius 3 is 2.76 bits per heavy atom. The average Bonchev–Trinajstić information content (AvgIpc) is 2.54. The first-order valence-corrected chi connectivity index (χ1v) is 8.41. The standard InChI is InChI=1S/C18H28N2O/c1-3-15-5-4-6-16-17(15)21-12-9-18(16,13-19)20-10-7-14(2)8-11-20/h4-6,14H,3,7-13,19H2,1-2H3. The molecule has 1 aromatic carbocycles. The highest BCUT2D eigenvalue weighted by Crippen LogP contribution is 2.44. The summed E-state index contributed by atoms with van der Waals surface area (Å²) in [5.74, 6) is 1.95. The van der Waals surface area contributed by atoms with E-state index in [9.17, 15) is 0 Å². The summed E-state index contributed by atoms with van der Waals surface area (Å²) in [5, 5.41) is 0. The average molecular weight is 288 g/mol. The van der Waals surface area contributed by atoms with E-state index in [1.54, 1.807) is 0 Å². The van der Waals surface area contributed by atoms with E-state index in [1.165, 1.54) is 24.0 Å². The van der Waals surface area contributed by atoms with Crippen molar-refractivity contribution in [3.8, 4) is 5.75 Å². The van der Waals surface area contributed by atoms with Crippen LogP contribution >= 0.6 is 0 Å². The molecule has 0 bridgehead atoms. The van der Waals surface area contributed by atoms with Gasteiger partial charge >= 0.3 is 0 Å². The number of nitrogens with zero attached hydrogens (tertiary/aromatic N) is 1. The second-order valence-electron chi connectivity index (χ2n) is 6.65. The van der Waals surface area contributed by atoms with Crippen LogP contribution < -0.4 is 10.5 Å². The lowest BCUT2D eigenvalue weighted by molar-refractivity contribution is 0.0225. The lowest BCUT2D eigenvalue weighted by Gasteiger charge is -2.49. The quantitative estimate of drug-likeness (QED) is 0.929. The number of para-hydroxylation sites is 1. The number of ether oxygens (including phenoxy) is 1. The van der Waals surface area contributed by atoms with Crippen LogP contribution in [-0.4, -0.2) is 31.1 Å². The zero-order valence-electron chi connectivity index (χ0n) is 13.4. The number of aryl methyl sites for hydroxylation is 1. The summed E-state index contributed by atoms with van der Waals surface area (Å²) < 4.78 is 6.03. The van der Waals surface area contributed by atoms with Gasteiger partial charge in [-0.3, -0.25) is 4.90 Å². The van der Waals surface area contributed by atoms with Gasteiger partial charge in [0.05, 0.1) is 12.1 Å². The minimum atomic E-state index is -0.0150. The maximum absolute atomic E-state index is 6.31. The van der Waals surface area contributed by atoms with Gasteiger partial charge in [-0.15, -0.1) is 0 Å². The van der Waals surface area contributed by atoms with E-state index in [4.69, 9.17) is 10.5 Å². The summed E-state index contributed by atoms with van der Waals surface area (Å²) in [7, 11) is 0. The molecule has 1 atom stereocenters. The lowest BCUT2D eigenvalue weighted by Crippen LogP contribution is -2.56. The molecular weight excluding hydrogens is 260 g/mol. The zero-order chi connectivity index (χ0) is 14.9. The molecule has 2 aliphatic heterocycles. The number of rotatable bonds is 3. The molecule has 0 saturated carbocycles. The van der Waals surface area contributed by atoms with Crippen LogP contribution in [0.2, 0.25) is 0 Å². The molecule has 0 aromatic heterocycles. The fourth-order valence-electron chi connectivity index (χ4n) is 3.96. The van der Waals surface area contributed by atoms with Crippen LogP contribution in [0.1, 0.15) is 44.2 Å². The normalized spacial score (nSPS) is 27.2. The molecule has 1 unspecified atom stereocenters. The molecule has 2 heterocycles. The molecule has 116 valence electrons. The number of hydrogen-bond donors (Lipinski definition) is 1. The van der Waals surface area contributed by atoms with Crippen LogP contribution in [0.5, 0.6) is 5.75 Å². The largest absolute Gasteiger partial charge is 0.493 e. The topological polar surface area (TPSA) is 38.5 Å². The highest BCUT2D eigenvalue weighted by molar-refractivity contribution is 5.47. The molecular formula is C18H28N2O. The van der Waals surface area contributed by atoms with E-state index in [1.807, 2.05) is 0 Å². The monoisotopic (exact) mass is 288 g/mol. The number of likely N-dealkylation sites (tertiary alicyclic amines) is 1. The Labute approximate surface area is 128 Å². The van der Waals surface area contributed by atoms with Crippen molar-refractivity contribution in [1.29, 1.82) is 0 Å². The Morgan fingerprint density at radius 2 is 2.10 bits per heavy atom. The highest BCUT2D eigenvalue weighted by Gasteiger charge is 2.43. The second kappa shape index (κ2) is 5.98. The first-order chi connectivity index (χ1) is 10.2. The summed E-state index contributed by atoms with van der Waals surface area (Å²) in [6.45, 7) is 8.35. The third-order valence-corrected chi connectivity index (χ3v) is 5.47. The van der Waals surface area contributed by atoms with Crippen molar-refractivity contribution in [2.45, 2.75) is 45.1 Å². The maximum atomic E-state index is 6.31. The first-order valence-electron chi connectivity index (χ1n) is 8.41. The van der Waals surface area contributed by atoms with Gasteiger partial charge < -0.3 is 10.5 Å². The fraction of sp³-hybridized carbons (Fsp3) is 0.667. The van der Waals surface area contributed by atoms with Gasteiger partial charge in [0.25, 0.3) is 0 Å². The third kappa shape index (κ3) is 2.47. The van der Waals surface area contributed by atoms with Crippen LogP contribution in [0, 0.1) is 5.92 Å². The smallest absolute Gasteiger partial charge is 0.127 e. The molecule has 1 aromatic rings. The van der Waals surface area contributed by atoms with Gasteiger partial charge in [-0.25, -0.2) is 0 Å². The van der Waals surface area contributed by atoms with E-state index in [-0.39, 0.29) is 5.54 Å². The molecule has 1 fully saturated rings. The number of benzene rings is 1. The van der Waals surface area contributed by atoms with Gasteiger partial charge in [0.2, 0.25) is 0 Å². The predicted octanol–water partition coefficient (Wildman–Crippen LogP) is 2.92. The van der Waals surface area contributed by atoms with Crippen molar-refractivity contribution in [3.63, 3.8) is 0 Å². The molecule has 0 aliphatic carbocycles. The van der Waals surface area contributed by atoms with E-state index >= 15 is 0 Å². The van der Waals surface area contributed by atoms with Gasteiger partial charge in [0, 0.05) is 18.5 Å². The first kappa shape index (κ1) is 14.9. The minimum absolute atomic E-state index is 0.0150. The number of nitrogens with two attached hydrogens (primary N) is 1. The van der Waals surface area contributed by atoms with E-state index in [0.29, 0.717) is 6.54 Å². The number of hydrogen-bond acceptors (Lipinski definition) is 3. The molecule has 2 aliphatic rings. The molecule has 0 spiro atoms. The fourth-order valence-corrected chi connectivity index (χ4v) is 3.96. The van der Waals surface area contributed by atoms with Crippen LogP contribution in [0.25, 0.3) is 0 Å². The Balaban J connectivity index is 2.01. The maximum Gasteiger partial charge on any atom is 0.127 e. The van der Waals surface area contributed by atoms with Crippen molar-refractivity contribution in [1.82, 2.24) is 4.90 Å². The van der Waals surface area contributed by atoms with Gasteiger partial charge in [-0.05, 0) is 43.8 Å². The van der Waals surface area contributed by atoms with E-state index in [0.717, 1.165) is 44.2 Å². The minimum Gasteiger partial charge on any atom is -0.493 e. The summed E-state index contributed by atoms with van der Waals surface area (Å²) >= 11 is 0. The van der Waals surface area contributed by atoms with Crippen molar-refractivity contribution < 1.29 is 4.74 Å². The number of piperidine rings is 1. The van der Waals surface area contributed by atoms with Crippen molar-refractivity contribution >= 4 is 0 Å². The molecule has 0 amide bonds. The summed E-state index contributed by atoms with van der Waals surface area (Å²) in [4.78, 5) is 2.63. The SMILES string of the molecule is CCc1cccc2c1OCCC2(CN)N1CCC(C)CC1. The lowest BCUT2D eigenvalue weighted by atomic mass is 9.79. The molecule has 3 heteroatoms. The Bertz CT molecular complexity index is 494. The Kier molecular flexibility index (Phi) is 4.23. The summed E-state index contributed by atoms with van der Waals surface area (Å²) in [6, 6.07) is 6.59. The molecule has 3 rings (SSSR count). The molecule has 21 heavy (non-hydrogen) atoms. The van der Waals surface area contributed by atoms with Crippen molar-refractivity contribution in [2.75, 3.05) is 26.2 Å². The highest BCUT2D eigenvalue weighted by atomic mass is 16.5. The second-order valence-corrected chi connectivity index (χ2v) is 6.65. The van der Waals surface area contributed by atoms with Crippen LogP contribution in [-0.2, 0) is 12.0 Å². The van der Waals surface area contributed by atoms with Crippen LogP contribution in [0.15, 0.2) is 18.2 Å². The molecule has 2 N–H and O–H groups in total. The van der Waals surface area contributed by atoms with E-state index in [2.05, 4.69) is 36.9 Å². The van der Waals surface area contributed by atoms with Crippen molar-refractivity contribution in [3.05, 3.63) is 29.3 Å². The Hall–Kier alpha value is -1.06. The van der Waals surface area contributed by atoms with Gasteiger partial charge in [-0.1, -0.05) is 32.0 Å². The van der Waals surface area contributed by atoms with E-state index < -0.39 is 0 Å². The third-order valence-electron chi connectivity index (χ3n) is 5.47. The zero-order valence-corrected chi connectivity index (χ0v) is 13.4. The summed E-state index contributed by atoms with van der Waals surface area (Å²) in [5.41, 5.74) is 8.94. The Morgan fingerprint density at radius 1 is 1.33 bits per heavy atom. The van der Waals surface area contributed by atoms with Crippen LogP contribution in [0.3, 0.4) is 0 Å². The molecule has 3 nitrogen and oxygen atoms in total. The molecule has 0 radical (unpaired) electrons. The van der Waals surface area contributed by atoms with Gasteiger partial charge in [0.1, 0.15) is 5.75 Å². The van der Waals surface area contributed by atoms with Gasteiger partial charge in [0.15, 0.2) is 0 Å². The number of fused-ring (bicyclic) bond motifs is 1. The molecule has 1 saturated heterocycles. The predicted molar refractivity (Wildman–Crippen MR) is 86.6 cm³/mol. The van der Waals surface area contributed by atoms with Crippen molar-refractivity contribution in [2.24, 2.45) is 11.7 Å².